The molecule has 0 spiro atoms. The normalized spacial score (nSPS) is 19.3. The number of aliphatic carboxylic acids is 1. The Morgan fingerprint density at radius 1 is 1.12 bits per heavy atom. The summed E-state index contributed by atoms with van der Waals surface area (Å²) in [7, 11) is 1.28. The van der Waals surface area contributed by atoms with Crippen LogP contribution >= 0.6 is 11.6 Å². The minimum Gasteiger partial charge on any atom is -0.494 e. The zero-order valence-corrected chi connectivity index (χ0v) is 22.5. The van der Waals surface area contributed by atoms with E-state index in [0.717, 1.165) is 4.57 Å². The summed E-state index contributed by atoms with van der Waals surface area (Å²) < 4.78 is 70.1. The van der Waals surface area contributed by atoms with Crippen LogP contribution in [0, 0.1) is 11.7 Å². The molecular formula is C27H25ClF4N4O5. The summed E-state index contributed by atoms with van der Waals surface area (Å²) in [6.45, 7) is 0.571. The van der Waals surface area contributed by atoms with Crippen LogP contribution < -0.4 is 4.74 Å². The van der Waals surface area contributed by atoms with E-state index in [0.29, 0.717) is 12.8 Å². The van der Waals surface area contributed by atoms with E-state index in [1.807, 2.05) is 0 Å². The Morgan fingerprint density at radius 3 is 2.51 bits per heavy atom. The average molecular weight is 597 g/mol. The second kappa shape index (κ2) is 11.3. The van der Waals surface area contributed by atoms with Crippen LogP contribution in [0.1, 0.15) is 60.7 Å². The summed E-state index contributed by atoms with van der Waals surface area (Å²) in [5, 5.41) is 16.4. The molecule has 14 heteroatoms. The second-order valence-corrected chi connectivity index (χ2v) is 10.3. The third-order valence-electron chi connectivity index (χ3n) is 7.33. The largest absolute Gasteiger partial charge is 0.494 e. The number of carboxylic acid groups (broad SMARTS) is 1. The zero-order chi connectivity index (χ0) is 29.5. The van der Waals surface area contributed by atoms with Crippen molar-refractivity contribution in [2.75, 3.05) is 20.2 Å². The minimum absolute atomic E-state index is 0.00824. The Balaban J connectivity index is 1.57. The number of nitrogens with zero attached hydrogens (tertiary/aromatic N) is 4. The smallest absolute Gasteiger partial charge is 0.452 e. The standard InChI is InChI=1S/C27H25ClF4N4O5/c1-40-19-4-2-3-16(23(19)29)24-17-12-15(28)5-6-18(17)36-25(33-34-26(36)27(30,31)32)20(41-24)13-21(37)35-9-7-14(8-10-35)11-22(38)39/h2-6,12,14,20,24H,7-11,13H2,1H3,(H,38,39)/t20-,24-/m1/s1. The number of hydrogen-bond acceptors (Lipinski definition) is 6. The molecule has 1 aromatic heterocycles. The quantitative estimate of drug-likeness (QED) is 0.382. The molecule has 1 N–H and O–H groups in total. The van der Waals surface area contributed by atoms with Crippen molar-refractivity contribution in [3.05, 3.63) is 70.0 Å². The van der Waals surface area contributed by atoms with Crippen LogP contribution in [-0.4, -0.2) is 56.8 Å². The number of benzene rings is 2. The van der Waals surface area contributed by atoms with Gasteiger partial charge < -0.3 is 19.5 Å². The molecule has 0 aliphatic carbocycles. The molecule has 5 rings (SSSR count). The van der Waals surface area contributed by atoms with E-state index >= 15 is 4.39 Å². The average Bonchev–Trinajstić information content (AvgIpc) is 3.32. The van der Waals surface area contributed by atoms with Gasteiger partial charge in [-0.1, -0.05) is 23.7 Å². The number of amides is 1. The van der Waals surface area contributed by atoms with Crippen LogP contribution in [-0.2, 0) is 20.5 Å². The fourth-order valence-electron chi connectivity index (χ4n) is 5.35. The molecule has 2 aromatic carbocycles. The van der Waals surface area contributed by atoms with E-state index in [-0.39, 0.29) is 58.8 Å². The van der Waals surface area contributed by atoms with Gasteiger partial charge >= 0.3 is 12.1 Å². The van der Waals surface area contributed by atoms with E-state index in [1.54, 1.807) is 0 Å². The molecule has 0 bridgehead atoms. The van der Waals surface area contributed by atoms with Gasteiger partial charge in [0.05, 0.1) is 19.2 Å². The van der Waals surface area contributed by atoms with E-state index in [4.69, 9.17) is 26.2 Å². The number of carbonyl (C=O) groups excluding carboxylic acids is 1. The van der Waals surface area contributed by atoms with Crippen molar-refractivity contribution in [2.45, 2.75) is 44.1 Å². The van der Waals surface area contributed by atoms with Gasteiger partial charge in [0.2, 0.25) is 11.7 Å². The van der Waals surface area contributed by atoms with E-state index in [1.165, 1.54) is 48.4 Å². The van der Waals surface area contributed by atoms with E-state index in [2.05, 4.69) is 10.2 Å². The van der Waals surface area contributed by atoms with Crippen LogP contribution in [0.5, 0.6) is 5.75 Å². The highest BCUT2D eigenvalue weighted by molar-refractivity contribution is 6.30. The van der Waals surface area contributed by atoms with Gasteiger partial charge in [-0.25, -0.2) is 4.39 Å². The highest BCUT2D eigenvalue weighted by Gasteiger charge is 2.44. The Labute approximate surface area is 236 Å². The van der Waals surface area contributed by atoms with Gasteiger partial charge in [0.15, 0.2) is 17.4 Å². The third kappa shape index (κ3) is 5.73. The monoisotopic (exact) mass is 596 g/mol. The van der Waals surface area contributed by atoms with Crippen molar-refractivity contribution < 1.29 is 41.7 Å². The number of carbonyl (C=O) groups is 2. The molecule has 3 aromatic rings. The summed E-state index contributed by atoms with van der Waals surface area (Å²) in [5.41, 5.74) is 0.0473. The molecule has 218 valence electrons. The maximum Gasteiger partial charge on any atom is 0.452 e. The number of likely N-dealkylation sites (tertiary alicyclic amines) is 1. The van der Waals surface area contributed by atoms with Crippen molar-refractivity contribution in [2.24, 2.45) is 5.92 Å². The highest BCUT2D eigenvalue weighted by Crippen LogP contribution is 2.45. The van der Waals surface area contributed by atoms with Gasteiger partial charge in [-0.2, -0.15) is 13.2 Å². The number of piperidine rings is 1. The summed E-state index contributed by atoms with van der Waals surface area (Å²) in [5.74, 6) is -3.93. The van der Waals surface area contributed by atoms with Crippen LogP contribution in [0.25, 0.3) is 5.69 Å². The summed E-state index contributed by atoms with van der Waals surface area (Å²) in [4.78, 5) is 26.0. The molecule has 2 atom stereocenters. The predicted molar refractivity (Wildman–Crippen MR) is 136 cm³/mol. The zero-order valence-electron chi connectivity index (χ0n) is 21.7. The van der Waals surface area contributed by atoms with Crippen LogP contribution in [0.3, 0.4) is 0 Å². The lowest BCUT2D eigenvalue weighted by molar-refractivity contribution is -0.146. The number of hydrogen-bond donors (Lipinski definition) is 1. The number of aromatic nitrogens is 3. The molecule has 0 saturated carbocycles. The lowest BCUT2D eigenvalue weighted by Gasteiger charge is -2.32. The van der Waals surface area contributed by atoms with Crippen LogP contribution in [0.4, 0.5) is 17.6 Å². The molecule has 9 nitrogen and oxygen atoms in total. The lowest BCUT2D eigenvalue weighted by atomic mass is 9.93. The Kier molecular flexibility index (Phi) is 7.93. The first kappa shape index (κ1) is 28.8. The number of ether oxygens (including phenoxy) is 2. The Bertz CT molecular complexity index is 1470. The summed E-state index contributed by atoms with van der Waals surface area (Å²) >= 11 is 6.24. The number of methoxy groups -OCH3 is 1. The van der Waals surface area contributed by atoms with Crippen molar-refractivity contribution in [3.8, 4) is 11.4 Å². The van der Waals surface area contributed by atoms with Gasteiger partial charge in [-0.15, -0.1) is 10.2 Å². The number of carboxylic acids is 1. The number of fused-ring (bicyclic) bond motifs is 3. The minimum atomic E-state index is -4.91. The van der Waals surface area contributed by atoms with Gasteiger partial charge in [0.25, 0.3) is 0 Å². The molecular weight excluding hydrogens is 572 g/mol. The molecule has 1 fully saturated rings. The summed E-state index contributed by atoms with van der Waals surface area (Å²) in [6, 6.07) is 8.42. The molecule has 3 heterocycles. The van der Waals surface area contributed by atoms with Crippen molar-refractivity contribution in [3.63, 3.8) is 0 Å². The number of alkyl halides is 3. The fourth-order valence-corrected chi connectivity index (χ4v) is 5.53. The molecule has 1 amide bonds. The number of rotatable bonds is 6. The van der Waals surface area contributed by atoms with Crippen molar-refractivity contribution >= 4 is 23.5 Å². The first-order valence-electron chi connectivity index (χ1n) is 12.8. The maximum atomic E-state index is 15.5. The van der Waals surface area contributed by atoms with Crippen molar-refractivity contribution in [1.82, 2.24) is 19.7 Å². The van der Waals surface area contributed by atoms with Crippen molar-refractivity contribution in [1.29, 1.82) is 0 Å². The molecule has 0 radical (unpaired) electrons. The third-order valence-corrected chi connectivity index (χ3v) is 7.56. The Hall–Kier alpha value is -3.71. The van der Waals surface area contributed by atoms with Crippen LogP contribution in [0.15, 0.2) is 36.4 Å². The van der Waals surface area contributed by atoms with Crippen LogP contribution in [0.2, 0.25) is 5.02 Å². The molecule has 41 heavy (non-hydrogen) atoms. The second-order valence-electron chi connectivity index (χ2n) is 9.91. The summed E-state index contributed by atoms with van der Waals surface area (Å²) in [6.07, 6.45) is -7.04. The van der Waals surface area contributed by atoms with E-state index < -0.39 is 48.3 Å². The molecule has 0 unspecified atom stereocenters. The van der Waals surface area contributed by atoms with E-state index in [9.17, 15) is 22.8 Å². The first-order valence-corrected chi connectivity index (χ1v) is 13.2. The highest BCUT2D eigenvalue weighted by atomic mass is 35.5. The van der Waals surface area contributed by atoms with Gasteiger partial charge in [0.1, 0.15) is 12.2 Å². The van der Waals surface area contributed by atoms with Gasteiger partial charge in [-0.3, -0.25) is 14.2 Å². The van der Waals surface area contributed by atoms with Gasteiger partial charge in [0, 0.05) is 35.7 Å². The SMILES string of the molecule is COc1cccc([C@H]2O[C@H](CC(=O)N3CCC(CC(=O)O)CC3)c3nnc(C(F)(F)F)n3-c3ccc(Cl)cc32)c1F. The lowest BCUT2D eigenvalue weighted by Crippen LogP contribution is -2.39. The first-order chi connectivity index (χ1) is 19.5. The topological polar surface area (TPSA) is 107 Å². The fraction of sp³-hybridized carbons (Fsp3) is 0.407. The number of halogens is 5. The molecule has 2 aliphatic rings. The molecule has 1 saturated heterocycles. The predicted octanol–water partition coefficient (Wildman–Crippen LogP) is 5.35. The van der Waals surface area contributed by atoms with Gasteiger partial charge in [-0.05, 0) is 43.0 Å². The molecule has 2 aliphatic heterocycles. The Morgan fingerprint density at radius 2 is 1.85 bits per heavy atom. The maximum absolute atomic E-state index is 15.5.